The SMILES string of the molecule is CCc1nc(-c2ccc3c(c2)CC[C@H]3NC(=O)c2nnc(C)s2)no1. The standard InChI is InChI=1S/C17H17N5O2S/c1-3-14-19-15(22-24-14)11-4-6-12-10(8-11)5-7-13(12)18-16(23)17-21-20-9(2)25-17/h4,6,8,13H,3,5,7H2,1-2H3,(H,18,23)/t13-/m1/s1. The maximum atomic E-state index is 12.3. The second-order valence-corrected chi connectivity index (χ2v) is 7.15. The number of benzene rings is 1. The molecule has 1 aliphatic carbocycles. The first-order chi connectivity index (χ1) is 12.1. The molecule has 1 amide bonds. The predicted octanol–water partition coefficient (Wildman–Crippen LogP) is 2.88. The minimum atomic E-state index is -0.168. The first-order valence-corrected chi connectivity index (χ1v) is 9.02. The van der Waals surface area contributed by atoms with Gasteiger partial charge in [-0.3, -0.25) is 4.79 Å². The minimum Gasteiger partial charge on any atom is -0.343 e. The molecule has 4 rings (SSSR count). The van der Waals surface area contributed by atoms with Crippen molar-refractivity contribution < 1.29 is 9.32 Å². The summed E-state index contributed by atoms with van der Waals surface area (Å²) in [4.78, 5) is 16.7. The van der Waals surface area contributed by atoms with Gasteiger partial charge in [-0.15, -0.1) is 10.2 Å². The summed E-state index contributed by atoms with van der Waals surface area (Å²) in [6.45, 7) is 3.81. The van der Waals surface area contributed by atoms with Crippen LogP contribution in [0, 0.1) is 6.92 Å². The highest BCUT2D eigenvalue weighted by atomic mass is 32.1. The van der Waals surface area contributed by atoms with Gasteiger partial charge in [0.1, 0.15) is 5.01 Å². The summed E-state index contributed by atoms with van der Waals surface area (Å²) in [7, 11) is 0. The normalized spacial score (nSPS) is 16.0. The van der Waals surface area contributed by atoms with Crippen LogP contribution in [0.5, 0.6) is 0 Å². The lowest BCUT2D eigenvalue weighted by Gasteiger charge is -2.13. The smallest absolute Gasteiger partial charge is 0.282 e. The number of amides is 1. The van der Waals surface area contributed by atoms with Crippen LogP contribution >= 0.6 is 11.3 Å². The fraction of sp³-hybridized carbons (Fsp3) is 0.353. The molecule has 3 aromatic rings. The van der Waals surface area contributed by atoms with E-state index >= 15 is 0 Å². The van der Waals surface area contributed by atoms with Crippen LogP contribution in [0.1, 0.15) is 51.2 Å². The van der Waals surface area contributed by atoms with Crippen molar-refractivity contribution in [3.8, 4) is 11.4 Å². The molecular weight excluding hydrogens is 338 g/mol. The van der Waals surface area contributed by atoms with Crippen LogP contribution in [-0.4, -0.2) is 26.2 Å². The number of carbonyl (C=O) groups is 1. The number of carbonyl (C=O) groups excluding carboxylic acids is 1. The monoisotopic (exact) mass is 355 g/mol. The maximum Gasteiger partial charge on any atom is 0.282 e. The van der Waals surface area contributed by atoms with Gasteiger partial charge in [0.2, 0.25) is 16.7 Å². The van der Waals surface area contributed by atoms with Gasteiger partial charge in [-0.1, -0.05) is 35.5 Å². The number of rotatable bonds is 4. The molecule has 7 nitrogen and oxygen atoms in total. The largest absolute Gasteiger partial charge is 0.343 e. The second-order valence-electron chi connectivity index (χ2n) is 5.97. The Morgan fingerprint density at radius 2 is 2.28 bits per heavy atom. The summed E-state index contributed by atoms with van der Waals surface area (Å²) in [5, 5.41) is 16.1. The van der Waals surface area contributed by atoms with Crippen molar-refractivity contribution >= 4 is 17.2 Å². The second kappa shape index (κ2) is 6.36. The Bertz CT molecular complexity index is 933. The van der Waals surface area contributed by atoms with Gasteiger partial charge in [0.15, 0.2) is 0 Å². The summed E-state index contributed by atoms with van der Waals surface area (Å²) in [5.74, 6) is 1.07. The molecule has 1 atom stereocenters. The summed E-state index contributed by atoms with van der Waals surface area (Å²) in [6.07, 6.45) is 2.49. The highest BCUT2D eigenvalue weighted by Crippen LogP contribution is 2.34. The number of fused-ring (bicyclic) bond motifs is 1. The Morgan fingerprint density at radius 3 is 3.00 bits per heavy atom. The Labute approximate surface area is 148 Å². The Balaban J connectivity index is 1.54. The fourth-order valence-electron chi connectivity index (χ4n) is 3.03. The molecule has 0 spiro atoms. The molecule has 0 aliphatic heterocycles. The van der Waals surface area contributed by atoms with Crippen LogP contribution in [0.2, 0.25) is 0 Å². The highest BCUT2D eigenvalue weighted by molar-refractivity contribution is 7.13. The molecule has 0 unspecified atom stereocenters. The topological polar surface area (TPSA) is 93.8 Å². The van der Waals surface area contributed by atoms with Gasteiger partial charge >= 0.3 is 0 Å². The fourth-order valence-corrected chi connectivity index (χ4v) is 3.63. The molecule has 2 aromatic heterocycles. The van der Waals surface area contributed by atoms with Crippen molar-refractivity contribution in [3.05, 3.63) is 45.2 Å². The van der Waals surface area contributed by atoms with Gasteiger partial charge in [0.05, 0.1) is 6.04 Å². The van der Waals surface area contributed by atoms with Gasteiger partial charge in [-0.2, -0.15) is 4.98 Å². The number of nitrogens with zero attached hydrogens (tertiary/aromatic N) is 4. The van der Waals surface area contributed by atoms with E-state index in [1.807, 2.05) is 26.0 Å². The van der Waals surface area contributed by atoms with E-state index in [9.17, 15) is 4.79 Å². The lowest BCUT2D eigenvalue weighted by Crippen LogP contribution is -2.27. The zero-order chi connectivity index (χ0) is 17.4. The molecule has 2 heterocycles. The van der Waals surface area contributed by atoms with E-state index in [1.165, 1.54) is 16.9 Å². The molecule has 0 bridgehead atoms. The molecular formula is C17H17N5O2S. The van der Waals surface area contributed by atoms with Crippen LogP contribution in [-0.2, 0) is 12.8 Å². The van der Waals surface area contributed by atoms with E-state index in [2.05, 4.69) is 31.7 Å². The van der Waals surface area contributed by atoms with E-state index in [0.29, 0.717) is 16.7 Å². The molecule has 1 N–H and O–H groups in total. The van der Waals surface area contributed by atoms with Gasteiger partial charge in [-0.05, 0) is 37.0 Å². The van der Waals surface area contributed by atoms with E-state index in [-0.39, 0.29) is 11.9 Å². The van der Waals surface area contributed by atoms with Gasteiger partial charge < -0.3 is 9.84 Å². The van der Waals surface area contributed by atoms with Crippen LogP contribution in [0.4, 0.5) is 0 Å². The van der Waals surface area contributed by atoms with E-state index < -0.39 is 0 Å². The van der Waals surface area contributed by atoms with Crippen LogP contribution in [0.25, 0.3) is 11.4 Å². The number of nitrogens with one attached hydrogen (secondary N) is 1. The number of aryl methyl sites for hydroxylation is 3. The summed E-state index contributed by atoms with van der Waals surface area (Å²) in [5.41, 5.74) is 3.28. The minimum absolute atomic E-state index is 0.00257. The van der Waals surface area contributed by atoms with Crippen molar-refractivity contribution in [2.75, 3.05) is 0 Å². The third-order valence-corrected chi connectivity index (χ3v) is 5.11. The molecule has 0 saturated heterocycles. The maximum absolute atomic E-state index is 12.3. The molecule has 128 valence electrons. The molecule has 0 radical (unpaired) electrons. The lowest BCUT2D eigenvalue weighted by molar-refractivity contribution is 0.0935. The first kappa shape index (κ1) is 15.9. The molecule has 1 aliphatic rings. The van der Waals surface area contributed by atoms with Crippen LogP contribution < -0.4 is 5.32 Å². The average Bonchev–Trinajstić information content (AvgIpc) is 3.34. The van der Waals surface area contributed by atoms with Crippen molar-refractivity contribution in [1.29, 1.82) is 0 Å². The summed E-state index contributed by atoms with van der Waals surface area (Å²) >= 11 is 1.30. The van der Waals surface area contributed by atoms with Crippen molar-refractivity contribution in [3.63, 3.8) is 0 Å². The average molecular weight is 355 g/mol. The summed E-state index contributed by atoms with van der Waals surface area (Å²) in [6, 6.07) is 6.09. The van der Waals surface area contributed by atoms with Gasteiger partial charge in [0, 0.05) is 12.0 Å². The van der Waals surface area contributed by atoms with Crippen LogP contribution in [0.15, 0.2) is 22.7 Å². The van der Waals surface area contributed by atoms with Crippen molar-refractivity contribution in [1.82, 2.24) is 25.7 Å². The molecule has 8 heteroatoms. The Hall–Kier alpha value is -2.61. The van der Waals surface area contributed by atoms with Gasteiger partial charge in [-0.25, -0.2) is 0 Å². The van der Waals surface area contributed by atoms with Crippen LogP contribution in [0.3, 0.4) is 0 Å². The Kier molecular flexibility index (Phi) is 4.04. The predicted molar refractivity (Wildman–Crippen MR) is 92.3 cm³/mol. The quantitative estimate of drug-likeness (QED) is 0.773. The molecule has 1 aromatic carbocycles. The van der Waals surface area contributed by atoms with Gasteiger partial charge in [0.25, 0.3) is 5.91 Å². The third-order valence-electron chi connectivity index (χ3n) is 4.28. The summed E-state index contributed by atoms with van der Waals surface area (Å²) < 4.78 is 5.18. The number of hydrogen-bond donors (Lipinski definition) is 1. The third kappa shape index (κ3) is 3.05. The van der Waals surface area contributed by atoms with E-state index in [0.717, 1.165) is 35.4 Å². The molecule has 0 saturated carbocycles. The van der Waals surface area contributed by atoms with E-state index in [1.54, 1.807) is 0 Å². The van der Waals surface area contributed by atoms with Crippen molar-refractivity contribution in [2.45, 2.75) is 39.2 Å². The number of aromatic nitrogens is 4. The van der Waals surface area contributed by atoms with E-state index in [4.69, 9.17) is 4.52 Å². The first-order valence-electron chi connectivity index (χ1n) is 8.20. The highest BCUT2D eigenvalue weighted by Gasteiger charge is 2.26. The Morgan fingerprint density at radius 1 is 1.40 bits per heavy atom. The molecule has 25 heavy (non-hydrogen) atoms. The zero-order valence-corrected chi connectivity index (χ0v) is 14.8. The van der Waals surface area contributed by atoms with Crippen molar-refractivity contribution in [2.24, 2.45) is 0 Å². The lowest BCUT2D eigenvalue weighted by atomic mass is 10.0. The zero-order valence-electron chi connectivity index (χ0n) is 13.9. The molecule has 0 fully saturated rings. The number of hydrogen-bond acceptors (Lipinski definition) is 7.